The smallest absolute Gasteiger partial charge is 0.335 e. The molecule has 0 saturated carbocycles. The minimum absolute atomic E-state index is 1.87. The van der Waals surface area contributed by atoms with E-state index >= 15 is 0 Å². The lowest BCUT2D eigenvalue weighted by molar-refractivity contribution is -0.160. The second-order valence-corrected chi connectivity index (χ2v) is 1.61. The maximum atomic E-state index is 11.4. The minimum Gasteiger partial charge on any atom is -0.479 e. The zero-order chi connectivity index (χ0) is 8.31. The van der Waals surface area contributed by atoms with E-state index in [9.17, 15) is 13.6 Å². The quantitative estimate of drug-likeness (QED) is 0.492. The standard InChI is InChI=1S/C4H6F2O4/c5-3(6)1(7)2(8)4(9)10/h1-3,7-8H,(H,9,10)/t1-,2-/m0/s1. The number of aliphatic hydroxyl groups excluding tert-OH is 2. The number of hydrogen-bond donors (Lipinski definition) is 3. The van der Waals surface area contributed by atoms with Crippen LogP contribution in [0.5, 0.6) is 0 Å². The molecule has 0 saturated heterocycles. The molecule has 6 heteroatoms. The molecule has 3 N–H and O–H groups in total. The summed E-state index contributed by atoms with van der Waals surface area (Å²) in [4.78, 5) is 9.70. The predicted octanol–water partition coefficient (Wildman–Crippen LogP) is -0.942. The highest BCUT2D eigenvalue weighted by Crippen LogP contribution is 2.04. The molecular formula is C4H6F2O4. The van der Waals surface area contributed by atoms with Gasteiger partial charge >= 0.3 is 5.97 Å². The average molecular weight is 156 g/mol. The van der Waals surface area contributed by atoms with Gasteiger partial charge in [-0.25, -0.2) is 13.6 Å². The van der Waals surface area contributed by atoms with Gasteiger partial charge in [-0.1, -0.05) is 0 Å². The maximum absolute atomic E-state index is 11.4. The Hall–Kier alpha value is -0.750. The number of hydrogen-bond acceptors (Lipinski definition) is 3. The zero-order valence-electron chi connectivity index (χ0n) is 4.74. The molecule has 0 amide bonds. The van der Waals surface area contributed by atoms with Crippen LogP contribution >= 0.6 is 0 Å². The van der Waals surface area contributed by atoms with Gasteiger partial charge in [-0.3, -0.25) is 0 Å². The van der Waals surface area contributed by atoms with Gasteiger partial charge in [0.15, 0.2) is 12.2 Å². The molecule has 0 bridgehead atoms. The van der Waals surface area contributed by atoms with Crippen LogP contribution in [0.25, 0.3) is 0 Å². The second kappa shape index (κ2) is 3.43. The van der Waals surface area contributed by atoms with E-state index in [1.165, 1.54) is 0 Å². The van der Waals surface area contributed by atoms with Crippen LogP contribution in [0.1, 0.15) is 0 Å². The molecule has 0 unspecified atom stereocenters. The van der Waals surface area contributed by atoms with Gasteiger partial charge in [0, 0.05) is 0 Å². The summed E-state index contributed by atoms with van der Waals surface area (Å²) in [5, 5.41) is 24.3. The Labute approximate surface area is 54.7 Å². The summed E-state index contributed by atoms with van der Waals surface area (Å²) in [7, 11) is 0. The fraction of sp³-hybridized carbons (Fsp3) is 0.750. The van der Waals surface area contributed by atoms with E-state index in [0.29, 0.717) is 0 Å². The van der Waals surface area contributed by atoms with Crippen LogP contribution in [0.2, 0.25) is 0 Å². The molecule has 0 spiro atoms. The first-order chi connectivity index (χ1) is 4.46. The number of carbonyl (C=O) groups is 1. The number of carboxylic acids is 1. The van der Waals surface area contributed by atoms with Gasteiger partial charge in [-0.15, -0.1) is 0 Å². The van der Waals surface area contributed by atoms with Crippen molar-refractivity contribution >= 4 is 5.97 Å². The molecule has 0 aliphatic heterocycles. The number of aliphatic carboxylic acids is 1. The molecule has 0 aromatic heterocycles. The fourth-order valence-corrected chi connectivity index (χ4v) is 0.284. The maximum Gasteiger partial charge on any atom is 0.335 e. The molecular weight excluding hydrogens is 150 g/mol. The van der Waals surface area contributed by atoms with E-state index in [1.54, 1.807) is 0 Å². The first kappa shape index (κ1) is 9.25. The van der Waals surface area contributed by atoms with Crippen molar-refractivity contribution in [2.45, 2.75) is 18.6 Å². The lowest BCUT2D eigenvalue weighted by atomic mass is 10.2. The van der Waals surface area contributed by atoms with Crippen LogP contribution < -0.4 is 0 Å². The fourth-order valence-electron chi connectivity index (χ4n) is 0.284. The number of alkyl halides is 2. The van der Waals surface area contributed by atoms with E-state index in [1.807, 2.05) is 0 Å². The van der Waals surface area contributed by atoms with Gasteiger partial charge in [0.05, 0.1) is 0 Å². The third-order valence-electron chi connectivity index (χ3n) is 0.835. The molecule has 0 heterocycles. The third-order valence-corrected chi connectivity index (χ3v) is 0.835. The van der Waals surface area contributed by atoms with Gasteiger partial charge < -0.3 is 15.3 Å². The van der Waals surface area contributed by atoms with Gasteiger partial charge in [0.1, 0.15) is 0 Å². The molecule has 0 rings (SSSR count). The van der Waals surface area contributed by atoms with Gasteiger partial charge in [0.2, 0.25) is 0 Å². The Morgan fingerprint density at radius 1 is 1.30 bits per heavy atom. The van der Waals surface area contributed by atoms with Crippen molar-refractivity contribution in [3.05, 3.63) is 0 Å². The summed E-state index contributed by atoms with van der Waals surface area (Å²) in [6.45, 7) is 0. The number of aliphatic hydroxyl groups is 2. The average Bonchev–Trinajstić information content (AvgIpc) is 1.84. The molecule has 0 radical (unpaired) electrons. The Balaban J connectivity index is 3.94. The third kappa shape index (κ3) is 2.24. The van der Waals surface area contributed by atoms with Crippen LogP contribution in [0.15, 0.2) is 0 Å². The Bertz CT molecular complexity index is 126. The SMILES string of the molecule is O=C(O)[C@@H](O)[C@H](O)C(F)F. The summed E-state index contributed by atoms with van der Waals surface area (Å²) >= 11 is 0. The molecule has 2 atom stereocenters. The van der Waals surface area contributed by atoms with E-state index in [2.05, 4.69) is 0 Å². The molecule has 0 aromatic carbocycles. The van der Waals surface area contributed by atoms with Crippen LogP contribution in [0, 0.1) is 0 Å². The van der Waals surface area contributed by atoms with Crippen molar-refractivity contribution < 1.29 is 28.9 Å². The number of carboxylic acid groups (broad SMARTS) is 1. The highest BCUT2D eigenvalue weighted by molar-refractivity contribution is 5.72. The van der Waals surface area contributed by atoms with Gasteiger partial charge in [0.25, 0.3) is 6.43 Å². The molecule has 0 aromatic rings. The van der Waals surface area contributed by atoms with E-state index < -0.39 is 24.6 Å². The molecule has 4 nitrogen and oxygen atoms in total. The summed E-state index contributed by atoms with van der Waals surface area (Å²) < 4.78 is 22.7. The highest BCUT2D eigenvalue weighted by Gasteiger charge is 2.30. The van der Waals surface area contributed by atoms with Crippen molar-refractivity contribution in [2.75, 3.05) is 0 Å². The Kier molecular flexibility index (Phi) is 3.17. The van der Waals surface area contributed by atoms with E-state index in [0.717, 1.165) is 0 Å². The normalized spacial score (nSPS) is 16.9. The van der Waals surface area contributed by atoms with E-state index in [-0.39, 0.29) is 0 Å². The Morgan fingerprint density at radius 2 is 1.70 bits per heavy atom. The summed E-state index contributed by atoms with van der Waals surface area (Å²) in [5.74, 6) is -1.87. The molecule has 0 aliphatic carbocycles. The highest BCUT2D eigenvalue weighted by atomic mass is 19.3. The summed E-state index contributed by atoms with van der Waals surface area (Å²) in [6, 6.07) is 0. The van der Waals surface area contributed by atoms with Crippen LogP contribution in [-0.4, -0.2) is 39.9 Å². The lowest BCUT2D eigenvalue weighted by Gasteiger charge is -2.11. The van der Waals surface area contributed by atoms with E-state index in [4.69, 9.17) is 15.3 Å². The van der Waals surface area contributed by atoms with Crippen molar-refractivity contribution in [3.63, 3.8) is 0 Å². The van der Waals surface area contributed by atoms with Crippen molar-refractivity contribution in [2.24, 2.45) is 0 Å². The van der Waals surface area contributed by atoms with Crippen molar-refractivity contribution in [1.82, 2.24) is 0 Å². The van der Waals surface area contributed by atoms with Crippen LogP contribution in [-0.2, 0) is 4.79 Å². The molecule has 0 fully saturated rings. The lowest BCUT2D eigenvalue weighted by Crippen LogP contribution is -2.38. The monoisotopic (exact) mass is 156 g/mol. The topological polar surface area (TPSA) is 77.8 Å². The minimum atomic E-state index is -3.24. The van der Waals surface area contributed by atoms with Crippen molar-refractivity contribution in [3.8, 4) is 0 Å². The zero-order valence-corrected chi connectivity index (χ0v) is 4.74. The van der Waals surface area contributed by atoms with Crippen LogP contribution in [0.4, 0.5) is 8.78 Å². The first-order valence-corrected chi connectivity index (χ1v) is 2.34. The second-order valence-electron chi connectivity index (χ2n) is 1.61. The van der Waals surface area contributed by atoms with Gasteiger partial charge in [-0.2, -0.15) is 0 Å². The Morgan fingerprint density at radius 3 is 1.80 bits per heavy atom. The van der Waals surface area contributed by atoms with Crippen molar-refractivity contribution in [1.29, 1.82) is 0 Å². The first-order valence-electron chi connectivity index (χ1n) is 2.34. The molecule has 0 aliphatic rings. The van der Waals surface area contributed by atoms with Gasteiger partial charge in [-0.05, 0) is 0 Å². The number of rotatable bonds is 3. The van der Waals surface area contributed by atoms with Crippen LogP contribution in [0.3, 0.4) is 0 Å². The number of halogens is 2. The summed E-state index contributed by atoms with van der Waals surface area (Å²) in [6.07, 6.45) is -8.18. The largest absolute Gasteiger partial charge is 0.479 e. The summed E-state index contributed by atoms with van der Waals surface area (Å²) in [5.41, 5.74) is 0. The molecule has 60 valence electrons. The predicted molar refractivity (Wildman–Crippen MR) is 25.7 cm³/mol. The molecule has 10 heavy (non-hydrogen) atoms.